The lowest BCUT2D eigenvalue weighted by Crippen LogP contribution is -2.33. The number of aldehydes is 1. The number of aryl methyl sites for hydroxylation is 1. The monoisotopic (exact) mass is 562 g/mol. The molecule has 1 fully saturated rings. The third-order valence-corrected chi connectivity index (χ3v) is 6.85. The summed E-state index contributed by atoms with van der Waals surface area (Å²) in [7, 11) is 0. The van der Waals surface area contributed by atoms with Crippen LogP contribution in [0, 0.1) is 0 Å². The van der Waals surface area contributed by atoms with E-state index in [2.05, 4.69) is 11.8 Å². The van der Waals surface area contributed by atoms with Crippen LogP contribution in [0.2, 0.25) is 10.0 Å². The molecule has 1 atom stereocenters. The van der Waals surface area contributed by atoms with Gasteiger partial charge in [-0.3, -0.25) is 14.5 Å². The van der Waals surface area contributed by atoms with Crippen molar-refractivity contribution in [3.05, 3.63) is 67.6 Å². The lowest BCUT2D eigenvalue weighted by Gasteiger charge is -2.26. The fourth-order valence-corrected chi connectivity index (χ4v) is 4.88. The molecule has 1 aliphatic heterocycles. The number of likely N-dealkylation sites (tertiary alicyclic amines) is 1. The second-order valence-corrected chi connectivity index (χ2v) is 9.73. The highest BCUT2D eigenvalue weighted by Crippen LogP contribution is 2.27. The number of benzene rings is 1. The molecular formula is C26H31Cl2F3N2O4. The number of aromatic carboxylic acids is 1. The van der Waals surface area contributed by atoms with Gasteiger partial charge in [0, 0.05) is 19.1 Å². The van der Waals surface area contributed by atoms with Gasteiger partial charge in [0.1, 0.15) is 5.02 Å². The summed E-state index contributed by atoms with van der Waals surface area (Å²) in [6, 6.07) is 8.82. The molecule has 2 heterocycles. The summed E-state index contributed by atoms with van der Waals surface area (Å²) in [5, 5.41) is 9.70. The predicted molar refractivity (Wildman–Crippen MR) is 138 cm³/mol. The van der Waals surface area contributed by atoms with Crippen LogP contribution >= 0.6 is 23.2 Å². The Bertz CT molecular complexity index is 1100. The van der Waals surface area contributed by atoms with Crippen LogP contribution in [0.15, 0.2) is 35.1 Å². The Balaban J connectivity index is 0.000000717. The molecule has 37 heavy (non-hydrogen) atoms. The smallest absolute Gasteiger partial charge is 0.446 e. The summed E-state index contributed by atoms with van der Waals surface area (Å²) < 4.78 is 32.9. The highest BCUT2D eigenvalue weighted by Gasteiger charge is 2.26. The van der Waals surface area contributed by atoms with Crippen molar-refractivity contribution in [1.29, 1.82) is 0 Å². The normalized spacial score (nSPS) is 15.8. The maximum atomic E-state index is 12.8. The molecule has 6 nitrogen and oxygen atoms in total. The van der Waals surface area contributed by atoms with Gasteiger partial charge in [-0.25, -0.2) is 4.79 Å². The molecule has 1 aromatic heterocycles. The van der Waals surface area contributed by atoms with Crippen molar-refractivity contribution < 1.29 is 27.9 Å². The third-order valence-electron chi connectivity index (χ3n) is 6.26. The van der Waals surface area contributed by atoms with E-state index in [0.717, 1.165) is 17.8 Å². The van der Waals surface area contributed by atoms with Gasteiger partial charge < -0.3 is 9.67 Å². The molecule has 0 aliphatic carbocycles. The molecule has 2 aromatic rings. The van der Waals surface area contributed by atoms with Crippen LogP contribution in [-0.2, 0) is 24.3 Å². The number of hydrogen-bond donors (Lipinski definition) is 1. The van der Waals surface area contributed by atoms with Crippen LogP contribution in [0.1, 0.15) is 67.1 Å². The molecule has 1 saturated heterocycles. The summed E-state index contributed by atoms with van der Waals surface area (Å²) in [5.74, 6) is -0.953. The Kier molecular flexibility index (Phi) is 12.1. The predicted octanol–water partition coefficient (Wildman–Crippen LogP) is 6.39. The topological polar surface area (TPSA) is 79.6 Å². The summed E-state index contributed by atoms with van der Waals surface area (Å²) >= 11 is 12.7. The molecule has 3 rings (SSSR count). The first-order chi connectivity index (χ1) is 17.5. The van der Waals surface area contributed by atoms with Gasteiger partial charge in [0.05, 0.1) is 16.3 Å². The van der Waals surface area contributed by atoms with E-state index in [4.69, 9.17) is 33.1 Å². The number of hydrogen-bond acceptors (Lipinski definition) is 4. The zero-order valence-electron chi connectivity index (χ0n) is 20.6. The summed E-state index contributed by atoms with van der Waals surface area (Å²) in [6.45, 7) is 4.31. The van der Waals surface area contributed by atoms with Crippen LogP contribution in [0.25, 0.3) is 0 Å². The average molecular weight is 563 g/mol. The van der Waals surface area contributed by atoms with Crippen LogP contribution in [0.5, 0.6) is 0 Å². The zero-order chi connectivity index (χ0) is 27.6. The average Bonchev–Trinajstić information content (AvgIpc) is 3.29. The summed E-state index contributed by atoms with van der Waals surface area (Å²) in [6.07, 6.45) is 2.11. The number of carboxylic acids is 1. The number of unbranched alkanes of at least 4 members (excludes halogenated alkanes) is 2. The Morgan fingerprint density at radius 3 is 2.38 bits per heavy atom. The van der Waals surface area contributed by atoms with Crippen molar-refractivity contribution in [2.75, 3.05) is 6.54 Å². The van der Waals surface area contributed by atoms with E-state index < -0.39 is 18.4 Å². The maximum Gasteiger partial charge on any atom is 0.446 e. The van der Waals surface area contributed by atoms with Crippen molar-refractivity contribution in [3.63, 3.8) is 0 Å². The van der Waals surface area contributed by atoms with Gasteiger partial charge in [-0.2, -0.15) is 13.2 Å². The number of halogens is 5. The molecule has 0 saturated carbocycles. The standard InChI is InChI=1S/C24H30Cl2N2O3.C2HF3O/c1-2-3-4-6-19-7-5-13-27(19)16-22-20(25)15-21(26)23(29)28(22)14-12-17-8-10-18(11-9-17)24(30)31;3-2(4,5)1-6/h8-11,15,19H,2-7,12-14,16H2,1H3,(H,30,31);1H. The highest BCUT2D eigenvalue weighted by molar-refractivity contribution is 6.34. The number of carboxylic acid groups (broad SMARTS) is 1. The van der Waals surface area contributed by atoms with E-state index in [1.807, 2.05) is 0 Å². The lowest BCUT2D eigenvalue weighted by atomic mass is 10.1. The van der Waals surface area contributed by atoms with E-state index in [9.17, 15) is 22.8 Å². The molecule has 0 bridgehead atoms. The van der Waals surface area contributed by atoms with Gasteiger partial charge in [-0.1, -0.05) is 61.5 Å². The summed E-state index contributed by atoms with van der Waals surface area (Å²) in [4.78, 5) is 35.0. The number of carbonyl (C=O) groups excluding carboxylic acids is 1. The van der Waals surface area contributed by atoms with Gasteiger partial charge in [0.15, 0.2) is 0 Å². The Labute approximate surface area is 224 Å². The SMILES string of the molecule is CCCCCC1CCCN1Cc1c(Cl)cc(Cl)c(=O)n1CCc1ccc(C(=O)O)cc1.O=CC(F)(F)F. The van der Waals surface area contributed by atoms with Gasteiger partial charge >= 0.3 is 12.1 Å². The summed E-state index contributed by atoms with van der Waals surface area (Å²) in [5.41, 5.74) is 1.78. The molecule has 204 valence electrons. The number of aromatic nitrogens is 1. The van der Waals surface area contributed by atoms with Crippen LogP contribution in [0.3, 0.4) is 0 Å². The first-order valence-corrected chi connectivity index (χ1v) is 12.9. The third kappa shape index (κ3) is 9.79. The van der Waals surface area contributed by atoms with Crippen molar-refractivity contribution >= 4 is 35.5 Å². The molecular weight excluding hydrogens is 532 g/mol. The minimum atomic E-state index is -4.64. The first kappa shape index (κ1) is 30.9. The van der Waals surface area contributed by atoms with E-state index in [-0.39, 0.29) is 16.1 Å². The fraction of sp³-hybridized carbons (Fsp3) is 0.500. The number of nitrogens with zero attached hydrogens (tertiary/aromatic N) is 2. The first-order valence-electron chi connectivity index (χ1n) is 12.1. The van der Waals surface area contributed by atoms with Crippen molar-refractivity contribution in [2.24, 2.45) is 0 Å². The highest BCUT2D eigenvalue weighted by atomic mass is 35.5. The molecule has 0 amide bonds. The van der Waals surface area contributed by atoms with E-state index in [1.54, 1.807) is 34.9 Å². The van der Waals surface area contributed by atoms with Crippen LogP contribution in [0.4, 0.5) is 13.2 Å². The van der Waals surface area contributed by atoms with Gasteiger partial charge in [0.25, 0.3) is 5.56 Å². The molecule has 0 spiro atoms. The van der Waals surface area contributed by atoms with Gasteiger partial charge in [0.2, 0.25) is 6.29 Å². The minimum absolute atomic E-state index is 0.121. The number of alkyl halides is 3. The molecule has 1 N–H and O–H groups in total. The Hall–Kier alpha value is -2.36. The molecule has 11 heteroatoms. The largest absolute Gasteiger partial charge is 0.478 e. The van der Waals surface area contributed by atoms with Crippen molar-refractivity contribution in [2.45, 2.75) is 77.2 Å². The lowest BCUT2D eigenvalue weighted by molar-refractivity contribution is -0.156. The molecule has 1 aromatic carbocycles. The molecule has 1 unspecified atom stereocenters. The second kappa shape index (κ2) is 14.5. The molecule has 1 aliphatic rings. The van der Waals surface area contributed by atoms with E-state index in [1.165, 1.54) is 38.5 Å². The quantitative estimate of drug-likeness (QED) is 0.268. The second-order valence-electron chi connectivity index (χ2n) is 8.92. The maximum absolute atomic E-state index is 12.8. The van der Waals surface area contributed by atoms with Gasteiger partial charge in [-0.05, 0) is 56.0 Å². The number of carbonyl (C=O) groups is 2. The van der Waals surface area contributed by atoms with E-state index in [0.29, 0.717) is 30.6 Å². The fourth-order valence-electron chi connectivity index (χ4n) is 4.34. The minimum Gasteiger partial charge on any atom is -0.478 e. The number of pyridine rings is 1. The molecule has 0 radical (unpaired) electrons. The van der Waals surface area contributed by atoms with Crippen molar-refractivity contribution in [3.8, 4) is 0 Å². The van der Waals surface area contributed by atoms with Crippen molar-refractivity contribution in [1.82, 2.24) is 9.47 Å². The number of rotatable bonds is 10. The van der Waals surface area contributed by atoms with Gasteiger partial charge in [-0.15, -0.1) is 0 Å². The Morgan fingerprint density at radius 2 is 1.81 bits per heavy atom. The zero-order valence-corrected chi connectivity index (χ0v) is 22.1. The van der Waals surface area contributed by atoms with E-state index >= 15 is 0 Å². The Morgan fingerprint density at radius 1 is 1.16 bits per heavy atom. The van der Waals surface area contributed by atoms with Crippen LogP contribution < -0.4 is 5.56 Å². The van der Waals surface area contributed by atoms with Crippen LogP contribution in [-0.4, -0.2) is 45.6 Å².